The van der Waals surface area contributed by atoms with Crippen molar-refractivity contribution in [2.45, 2.75) is 19.1 Å². The average Bonchev–Trinajstić information content (AvgIpc) is 2.90. The molecule has 0 aliphatic heterocycles. The minimum Gasteiger partial charge on any atom is -0.304 e. The van der Waals surface area contributed by atoms with Crippen LogP contribution in [0.15, 0.2) is 48.7 Å². The zero-order valence-electron chi connectivity index (χ0n) is 12.3. The topological polar surface area (TPSA) is 34.4 Å². The summed E-state index contributed by atoms with van der Waals surface area (Å²) in [6.45, 7) is 2.03. The normalized spacial score (nSPS) is 12.6. The fourth-order valence-corrected chi connectivity index (χ4v) is 3.72. The molecule has 1 atom stereocenters. The standard InChI is InChI=1S/C17H17ClN2OS/c1-13-5-4-8-17-19-15(11-20(13)17)12-22(21)10-9-14-6-2-3-7-16(14)18/h2-8,11H,9-10,12H2,1H3/t22-/m1/s1. The molecule has 0 fully saturated rings. The molecule has 0 unspecified atom stereocenters. The lowest BCUT2D eigenvalue weighted by Crippen LogP contribution is -2.04. The Hall–Kier alpha value is -1.65. The molecular formula is C17H17ClN2OS. The summed E-state index contributed by atoms with van der Waals surface area (Å²) in [6.07, 6.45) is 2.69. The van der Waals surface area contributed by atoms with Gasteiger partial charge in [-0.1, -0.05) is 35.9 Å². The summed E-state index contributed by atoms with van der Waals surface area (Å²) in [6, 6.07) is 13.7. The number of nitrogens with zero attached hydrogens (tertiary/aromatic N) is 2. The molecule has 0 saturated carbocycles. The van der Waals surface area contributed by atoms with Crippen LogP contribution in [0.5, 0.6) is 0 Å². The monoisotopic (exact) mass is 332 g/mol. The van der Waals surface area contributed by atoms with Crippen LogP contribution in [0.25, 0.3) is 5.65 Å². The number of imidazole rings is 1. The van der Waals surface area contributed by atoms with Gasteiger partial charge in [-0.3, -0.25) is 4.21 Å². The second-order valence-corrected chi connectivity index (χ2v) is 7.24. The Labute approximate surface area is 137 Å². The van der Waals surface area contributed by atoms with E-state index in [1.54, 1.807) is 0 Å². The summed E-state index contributed by atoms with van der Waals surface area (Å²) >= 11 is 6.12. The number of rotatable bonds is 5. The van der Waals surface area contributed by atoms with Gasteiger partial charge >= 0.3 is 0 Å². The SMILES string of the molecule is Cc1cccc2nc(C[S@](=O)CCc3ccccc3Cl)cn12. The fourth-order valence-electron chi connectivity index (χ4n) is 2.43. The second kappa shape index (κ2) is 6.63. The molecule has 0 aliphatic carbocycles. The predicted molar refractivity (Wildman–Crippen MR) is 91.8 cm³/mol. The van der Waals surface area contributed by atoms with Gasteiger partial charge in [0.2, 0.25) is 0 Å². The highest BCUT2D eigenvalue weighted by atomic mass is 35.5. The molecule has 0 spiro atoms. The molecule has 0 saturated heterocycles. The zero-order chi connectivity index (χ0) is 15.5. The molecule has 114 valence electrons. The third-order valence-electron chi connectivity index (χ3n) is 3.61. The molecular weight excluding hydrogens is 316 g/mol. The van der Waals surface area contributed by atoms with Crippen molar-refractivity contribution in [3.63, 3.8) is 0 Å². The van der Waals surface area contributed by atoms with E-state index in [4.69, 9.17) is 11.6 Å². The van der Waals surface area contributed by atoms with E-state index in [1.165, 1.54) is 0 Å². The van der Waals surface area contributed by atoms with Gasteiger partial charge in [-0.15, -0.1) is 0 Å². The van der Waals surface area contributed by atoms with E-state index in [1.807, 2.05) is 60.0 Å². The minimum absolute atomic E-state index is 0.478. The van der Waals surface area contributed by atoms with E-state index in [2.05, 4.69) is 4.98 Å². The molecule has 0 amide bonds. The quantitative estimate of drug-likeness (QED) is 0.712. The highest BCUT2D eigenvalue weighted by Crippen LogP contribution is 2.16. The number of hydrogen-bond acceptors (Lipinski definition) is 2. The molecule has 3 rings (SSSR count). The number of aryl methyl sites for hydroxylation is 2. The number of fused-ring (bicyclic) bond motifs is 1. The highest BCUT2D eigenvalue weighted by Gasteiger charge is 2.08. The molecule has 0 radical (unpaired) electrons. The maximum absolute atomic E-state index is 12.3. The van der Waals surface area contributed by atoms with E-state index in [0.717, 1.165) is 34.0 Å². The number of hydrogen-bond donors (Lipinski definition) is 0. The zero-order valence-corrected chi connectivity index (χ0v) is 13.9. The lowest BCUT2D eigenvalue weighted by molar-refractivity contribution is 0.681. The summed E-state index contributed by atoms with van der Waals surface area (Å²) in [5.74, 6) is 1.07. The Morgan fingerprint density at radius 1 is 1.18 bits per heavy atom. The van der Waals surface area contributed by atoms with Gasteiger partial charge in [-0.05, 0) is 37.1 Å². The first-order valence-electron chi connectivity index (χ1n) is 7.15. The predicted octanol–water partition coefficient (Wildman–Crippen LogP) is 3.79. The summed E-state index contributed by atoms with van der Waals surface area (Å²) in [5, 5.41) is 0.739. The van der Waals surface area contributed by atoms with E-state index in [0.29, 0.717) is 11.5 Å². The van der Waals surface area contributed by atoms with Crippen LogP contribution in [0.1, 0.15) is 17.0 Å². The van der Waals surface area contributed by atoms with Crippen molar-refractivity contribution in [3.8, 4) is 0 Å². The molecule has 1 aromatic carbocycles. The highest BCUT2D eigenvalue weighted by molar-refractivity contribution is 7.84. The third kappa shape index (κ3) is 3.39. The van der Waals surface area contributed by atoms with Crippen LogP contribution >= 0.6 is 11.6 Å². The minimum atomic E-state index is -0.948. The van der Waals surface area contributed by atoms with Gasteiger partial charge in [0.15, 0.2) is 0 Å². The van der Waals surface area contributed by atoms with Gasteiger partial charge in [-0.25, -0.2) is 4.98 Å². The molecule has 0 bridgehead atoms. The Balaban J connectivity index is 1.66. The van der Waals surface area contributed by atoms with Gasteiger partial charge < -0.3 is 4.40 Å². The molecule has 22 heavy (non-hydrogen) atoms. The van der Waals surface area contributed by atoms with Crippen LogP contribution in [0.4, 0.5) is 0 Å². The third-order valence-corrected chi connectivity index (χ3v) is 5.26. The molecule has 0 N–H and O–H groups in total. The molecule has 2 heterocycles. The first-order valence-corrected chi connectivity index (χ1v) is 9.02. The van der Waals surface area contributed by atoms with Gasteiger partial charge in [0.05, 0.1) is 11.4 Å². The molecule has 5 heteroatoms. The summed E-state index contributed by atoms with van der Waals surface area (Å²) in [7, 11) is -0.948. The van der Waals surface area contributed by atoms with Crippen LogP contribution < -0.4 is 0 Å². The van der Waals surface area contributed by atoms with Crippen LogP contribution in [0, 0.1) is 6.92 Å². The molecule has 2 aromatic heterocycles. The molecule has 0 aliphatic rings. The smallest absolute Gasteiger partial charge is 0.137 e. The maximum Gasteiger partial charge on any atom is 0.137 e. The van der Waals surface area contributed by atoms with Gasteiger partial charge in [0.25, 0.3) is 0 Å². The maximum atomic E-state index is 12.3. The summed E-state index contributed by atoms with van der Waals surface area (Å²) in [5.41, 5.74) is 3.94. The van der Waals surface area contributed by atoms with Gasteiger partial charge in [0, 0.05) is 33.5 Å². The Kier molecular flexibility index (Phi) is 4.60. The molecule has 3 nitrogen and oxygen atoms in total. The van der Waals surface area contributed by atoms with Crippen LogP contribution in [-0.2, 0) is 23.0 Å². The summed E-state index contributed by atoms with van der Waals surface area (Å²) in [4.78, 5) is 4.53. The van der Waals surface area contributed by atoms with Crippen molar-refractivity contribution >= 4 is 28.0 Å². The van der Waals surface area contributed by atoms with Crippen LogP contribution in [0.2, 0.25) is 5.02 Å². The largest absolute Gasteiger partial charge is 0.304 e. The van der Waals surface area contributed by atoms with Crippen molar-refractivity contribution in [1.82, 2.24) is 9.38 Å². The first-order chi connectivity index (χ1) is 10.6. The summed E-state index contributed by atoms with van der Waals surface area (Å²) < 4.78 is 14.3. The number of aromatic nitrogens is 2. The van der Waals surface area contributed by atoms with Gasteiger partial charge in [-0.2, -0.15) is 0 Å². The number of benzene rings is 1. The number of pyridine rings is 1. The second-order valence-electron chi connectivity index (χ2n) is 5.26. The van der Waals surface area contributed by atoms with Gasteiger partial charge in [0.1, 0.15) is 5.65 Å². The fraction of sp³-hybridized carbons (Fsp3) is 0.235. The lowest BCUT2D eigenvalue weighted by Gasteiger charge is -2.03. The van der Waals surface area contributed by atoms with Crippen LogP contribution in [-0.4, -0.2) is 19.3 Å². The number of halogens is 1. The van der Waals surface area contributed by atoms with Crippen molar-refractivity contribution in [1.29, 1.82) is 0 Å². The van der Waals surface area contributed by atoms with E-state index < -0.39 is 10.8 Å². The Bertz CT molecular complexity index is 828. The van der Waals surface area contributed by atoms with Crippen molar-refractivity contribution in [2.75, 3.05) is 5.75 Å². The van der Waals surface area contributed by atoms with Crippen molar-refractivity contribution in [2.24, 2.45) is 0 Å². The van der Waals surface area contributed by atoms with Crippen molar-refractivity contribution < 1.29 is 4.21 Å². The Morgan fingerprint density at radius 3 is 2.77 bits per heavy atom. The molecule has 3 aromatic rings. The average molecular weight is 333 g/mol. The lowest BCUT2D eigenvalue weighted by atomic mass is 10.2. The van der Waals surface area contributed by atoms with Crippen LogP contribution in [0.3, 0.4) is 0 Å². The van der Waals surface area contributed by atoms with Crippen molar-refractivity contribution in [3.05, 3.63) is 70.6 Å². The Morgan fingerprint density at radius 2 is 2.00 bits per heavy atom. The van der Waals surface area contributed by atoms with E-state index in [-0.39, 0.29) is 0 Å². The van der Waals surface area contributed by atoms with E-state index >= 15 is 0 Å². The van der Waals surface area contributed by atoms with E-state index in [9.17, 15) is 4.21 Å². The first kappa shape index (κ1) is 15.3.